The maximum Gasteiger partial charge on any atom is 0.472 e. The van der Waals surface area contributed by atoms with Crippen LogP contribution in [0.4, 0.5) is 0 Å². The molecule has 0 heterocycles. The fourth-order valence-corrected chi connectivity index (χ4v) is 16.0. The predicted molar refractivity (Wildman–Crippen MR) is 555 cm³/mol. The van der Waals surface area contributed by atoms with E-state index in [1.807, 2.05) is 0 Å². The van der Waals surface area contributed by atoms with Gasteiger partial charge in [-0.15, -0.1) is 0 Å². The number of hydrogen-bond donors (Lipinski definition) is 4. The van der Waals surface area contributed by atoms with Crippen molar-refractivity contribution in [1.82, 2.24) is 0 Å². The number of allylic oxidation sites excluding steroid dienone is 32. The van der Waals surface area contributed by atoms with Crippen LogP contribution in [0.25, 0.3) is 0 Å². The van der Waals surface area contributed by atoms with Gasteiger partial charge < -0.3 is 34.2 Å². The second-order valence-corrected chi connectivity index (χ2v) is 37.8. The number of phosphoric acid groups is 2. The highest BCUT2D eigenvalue weighted by Crippen LogP contribution is 2.45. The third-order valence-corrected chi connectivity index (χ3v) is 24.2. The summed E-state index contributed by atoms with van der Waals surface area (Å²) in [6, 6.07) is 0. The molecule has 5 unspecified atom stereocenters. The van der Waals surface area contributed by atoms with Crippen molar-refractivity contribution < 1.29 is 75.8 Å². The van der Waals surface area contributed by atoms with Crippen LogP contribution in [-0.4, -0.2) is 95.9 Å². The second-order valence-electron chi connectivity index (χ2n) is 34.9. The molecule has 750 valence electrons. The first kappa shape index (κ1) is 125. The first-order valence-electron chi connectivity index (χ1n) is 52.7. The molecule has 16 nitrogen and oxygen atoms in total. The summed E-state index contributed by atoms with van der Waals surface area (Å²) < 4.78 is 61.8. The molecule has 18 heteroatoms. The molecule has 0 spiro atoms. The van der Waals surface area contributed by atoms with E-state index in [0.29, 0.717) is 19.3 Å². The van der Waals surface area contributed by atoms with Crippen molar-refractivity contribution in [3.8, 4) is 0 Å². The number of carbonyl (C=O) groups excluding carboxylic acids is 3. The van der Waals surface area contributed by atoms with Gasteiger partial charge in [0.25, 0.3) is 0 Å². The van der Waals surface area contributed by atoms with E-state index < -0.39 is 91.5 Å². The molecule has 0 aromatic heterocycles. The Bertz CT molecular complexity index is 3160. The van der Waals surface area contributed by atoms with Crippen LogP contribution in [0.15, 0.2) is 194 Å². The molecule has 0 fully saturated rings. The summed E-state index contributed by atoms with van der Waals surface area (Å²) in [5.41, 5.74) is 0. The minimum Gasteiger partial charge on any atom is -0.463 e. The third kappa shape index (κ3) is 105. The lowest BCUT2D eigenvalue weighted by atomic mass is 10.0. The highest BCUT2D eigenvalue weighted by Gasteiger charge is 2.30. The molecule has 0 aliphatic heterocycles. The van der Waals surface area contributed by atoms with Crippen LogP contribution < -0.4 is 0 Å². The summed E-state index contributed by atoms with van der Waals surface area (Å²) in [4.78, 5) is 59.3. The molecule has 131 heavy (non-hydrogen) atoms. The molecule has 0 bridgehead atoms. The van der Waals surface area contributed by atoms with E-state index in [-0.39, 0.29) is 19.3 Å². The zero-order chi connectivity index (χ0) is 95.0. The number of aliphatic hydroxyl groups is 2. The highest BCUT2D eigenvalue weighted by atomic mass is 31.2. The molecular weight excluding hydrogens is 1680 g/mol. The number of rotatable bonds is 99. The van der Waals surface area contributed by atoms with E-state index in [1.54, 1.807) is 0 Å². The predicted octanol–water partition coefficient (Wildman–Crippen LogP) is 33.7. The van der Waals surface area contributed by atoms with Crippen LogP contribution >= 0.6 is 15.6 Å². The van der Waals surface area contributed by atoms with Crippen molar-refractivity contribution >= 4 is 33.6 Å². The summed E-state index contributed by atoms with van der Waals surface area (Å²) in [6.07, 6.45) is 139. The average molecular weight is 1870 g/mol. The van der Waals surface area contributed by atoms with E-state index in [0.717, 1.165) is 173 Å². The smallest absolute Gasteiger partial charge is 0.463 e. The van der Waals surface area contributed by atoms with Crippen LogP contribution in [0.5, 0.6) is 0 Å². The van der Waals surface area contributed by atoms with Gasteiger partial charge in [-0.2, -0.15) is 0 Å². The van der Waals surface area contributed by atoms with Crippen molar-refractivity contribution in [3.63, 3.8) is 0 Å². The number of carbonyl (C=O) groups is 3. The minimum absolute atomic E-state index is 0.0951. The molecule has 4 N–H and O–H groups in total. The Morgan fingerprint density at radius 1 is 0.214 bits per heavy atom. The topological polar surface area (TPSA) is 231 Å². The number of aliphatic hydroxyl groups excluding tert-OH is 2. The molecule has 5 atom stereocenters. The Labute approximate surface area is 801 Å². The van der Waals surface area contributed by atoms with Crippen molar-refractivity contribution in [1.29, 1.82) is 0 Å². The molecular formula is C113H192O16P2. The van der Waals surface area contributed by atoms with Gasteiger partial charge in [-0.1, -0.05) is 459 Å². The standard InChI is InChI=1S/C113H192O16P2/c1-4-7-10-13-16-19-22-25-28-31-34-37-40-43-46-49-51-53-55-58-60-63-66-69-72-75-78-81-84-87-90-93-96-99-111(116)123-102-108(114)103-125-130(119,120)126-104-109(115)105-127-131(121,122)128-107-110(129-113(118)101-98-95-92-89-86-83-80-77-74-71-68-65-62-57-48-45-42-39-36-33-30-27-24-21-18-15-12-9-6-3)106-124-112(117)100-97-94-91-88-85-82-79-76-73-70-67-64-61-59-56-54-52-50-47-44-41-38-35-32-29-26-23-20-17-14-11-8-5-2/h7-12,16-21,25-30,34-39,43-48,62,65,108-110,114-115H,4-6,13-15,22-24,31-33,40-42,49-61,63-64,66-107H2,1-3H3,(H,119,120)(H,121,122)/b10-7-,11-8-,12-9-,19-16-,20-17-,21-18-,28-25-,29-26-,30-27-,37-34-,38-35-,39-36-,46-43-,47-44-,48-45-,65-62-. The Kier molecular flexibility index (Phi) is 98.9. The van der Waals surface area contributed by atoms with Gasteiger partial charge >= 0.3 is 33.6 Å². The molecule has 0 saturated heterocycles. The minimum atomic E-state index is -4.95. The zero-order valence-corrected chi connectivity index (χ0v) is 85.0. The van der Waals surface area contributed by atoms with Gasteiger partial charge in [-0.3, -0.25) is 32.5 Å². The SMILES string of the molecule is CC/C=C\C/C=C\C/C=C\C/C=C\C/C=C\C/C=C\CCCCCCCCCCCCC(=O)OC(COC(=O)CCCCCCCCCCCCCCCCCCC/C=C\C/C=C\C/C=C\C/C=C\C/C=C\CC)COP(=O)(O)OCC(O)COP(=O)(O)OCC(O)COC(=O)CCCCCCCCCCCCCCCCCCC/C=C\C/C=C\C/C=C\C/C=C\C/C=C\CC. The molecule has 0 aromatic rings. The lowest BCUT2D eigenvalue weighted by Gasteiger charge is -2.21. The van der Waals surface area contributed by atoms with Crippen molar-refractivity contribution in [2.45, 2.75) is 463 Å². The lowest BCUT2D eigenvalue weighted by Crippen LogP contribution is -2.30. The van der Waals surface area contributed by atoms with Crippen LogP contribution in [0.3, 0.4) is 0 Å². The van der Waals surface area contributed by atoms with E-state index in [4.69, 9.17) is 32.3 Å². The monoisotopic (exact) mass is 1870 g/mol. The number of phosphoric ester groups is 2. The summed E-state index contributed by atoms with van der Waals surface area (Å²) in [5, 5.41) is 20.8. The van der Waals surface area contributed by atoms with Gasteiger partial charge in [-0.25, -0.2) is 9.13 Å². The van der Waals surface area contributed by atoms with Gasteiger partial charge in [0.2, 0.25) is 0 Å². The first-order chi connectivity index (χ1) is 64.2. The van der Waals surface area contributed by atoms with Crippen molar-refractivity contribution in [2.24, 2.45) is 0 Å². The van der Waals surface area contributed by atoms with Crippen LogP contribution in [0, 0.1) is 0 Å². The number of esters is 3. The number of hydrogen-bond acceptors (Lipinski definition) is 14. The van der Waals surface area contributed by atoms with Crippen LogP contribution in [0.2, 0.25) is 0 Å². The zero-order valence-electron chi connectivity index (χ0n) is 83.2. The van der Waals surface area contributed by atoms with Crippen LogP contribution in [0.1, 0.15) is 445 Å². The van der Waals surface area contributed by atoms with Gasteiger partial charge in [0, 0.05) is 19.3 Å². The van der Waals surface area contributed by atoms with Crippen molar-refractivity contribution in [2.75, 3.05) is 39.6 Å². The fraction of sp³-hybridized carbons (Fsp3) is 0.690. The molecule has 0 aromatic carbocycles. The van der Waals surface area contributed by atoms with Crippen LogP contribution in [-0.2, 0) is 55.8 Å². The third-order valence-electron chi connectivity index (χ3n) is 22.3. The molecule has 0 saturated carbocycles. The normalized spacial score (nSPS) is 14.4. The Morgan fingerprint density at radius 3 is 0.603 bits per heavy atom. The van der Waals surface area contributed by atoms with E-state index in [1.165, 1.54) is 212 Å². The Balaban J connectivity index is 4.62. The Morgan fingerprint density at radius 2 is 0.382 bits per heavy atom. The van der Waals surface area contributed by atoms with E-state index in [2.05, 4.69) is 215 Å². The summed E-state index contributed by atoms with van der Waals surface area (Å²) in [5.74, 6) is -1.56. The molecule has 0 aliphatic carbocycles. The average Bonchev–Trinajstić information content (AvgIpc) is 0.897. The van der Waals surface area contributed by atoms with Crippen molar-refractivity contribution in [3.05, 3.63) is 194 Å². The van der Waals surface area contributed by atoms with E-state index >= 15 is 0 Å². The second kappa shape index (κ2) is 103. The maximum absolute atomic E-state index is 13.1. The van der Waals surface area contributed by atoms with Gasteiger partial charge in [0.05, 0.1) is 26.4 Å². The molecule has 0 radical (unpaired) electrons. The molecule has 0 aliphatic rings. The highest BCUT2D eigenvalue weighted by molar-refractivity contribution is 7.47. The largest absolute Gasteiger partial charge is 0.472 e. The molecule has 0 rings (SSSR count). The quantitative estimate of drug-likeness (QED) is 0.0146. The van der Waals surface area contributed by atoms with Gasteiger partial charge in [-0.05, 0) is 161 Å². The number of unbranched alkanes of at least 4 members (excludes halogenated alkanes) is 44. The number of ether oxygens (including phenoxy) is 3. The lowest BCUT2D eigenvalue weighted by molar-refractivity contribution is -0.161. The summed E-state index contributed by atoms with van der Waals surface area (Å²) >= 11 is 0. The van der Waals surface area contributed by atoms with Gasteiger partial charge in [0.15, 0.2) is 6.10 Å². The Hall–Kier alpha value is -5.61. The summed E-state index contributed by atoms with van der Waals surface area (Å²) in [6.45, 7) is 2.41. The first-order valence-corrected chi connectivity index (χ1v) is 55.7. The molecule has 0 amide bonds. The van der Waals surface area contributed by atoms with Gasteiger partial charge in [0.1, 0.15) is 25.4 Å². The summed E-state index contributed by atoms with van der Waals surface area (Å²) in [7, 11) is -9.82. The maximum atomic E-state index is 13.1. The van der Waals surface area contributed by atoms with E-state index in [9.17, 15) is 43.5 Å². The fourth-order valence-electron chi connectivity index (χ4n) is 14.5.